The number of nitrogens with zero attached hydrogens (tertiary/aromatic N) is 1. The summed E-state index contributed by atoms with van der Waals surface area (Å²) in [6.45, 7) is 2.64. The predicted molar refractivity (Wildman–Crippen MR) is 69.5 cm³/mol. The van der Waals surface area contributed by atoms with E-state index in [0.717, 1.165) is 0 Å². The number of rotatable bonds is 5. The predicted octanol–water partition coefficient (Wildman–Crippen LogP) is 3.10. The molecule has 1 atom stereocenters. The topological polar surface area (TPSA) is 38.5 Å². The molecule has 0 aliphatic rings. The minimum atomic E-state index is -4.26. The van der Waals surface area contributed by atoms with Gasteiger partial charge in [0.1, 0.15) is 12.3 Å². The summed E-state index contributed by atoms with van der Waals surface area (Å²) < 4.78 is 43.0. The fourth-order valence-corrected chi connectivity index (χ4v) is 2.03. The van der Waals surface area contributed by atoms with Gasteiger partial charge in [0.05, 0.1) is 7.11 Å². The molecule has 0 aromatic heterocycles. The molecule has 0 saturated heterocycles. The third-order valence-electron chi connectivity index (χ3n) is 2.81. The van der Waals surface area contributed by atoms with Crippen LogP contribution >= 0.6 is 0 Å². The lowest BCUT2D eigenvalue weighted by Crippen LogP contribution is -2.35. The van der Waals surface area contributed by atoms with Crippen molar-refractivity contribution in [3.63, 3.8) is 0 Å². The van der Waals surface area contributed by atoms with Crippen molar-refractivity contribution < 1.29 is 17.9 Å². The summed E-state index contributed by atoms with van der Waals surface area (Å²) in [4.78, 5) is 1.25. The van der Waals surface area contributed by atoms with Gasteiger partial charge < -0.3 is 15.4 Å². The highest BCUT2D eigenvalue weighted by atomic mass is 19.4. The minimum absolute atomic E-state index is 0.242. The van der Waals surface area contributed by atoms with Crippen molar-refractivity contribution in [1.82, 2.24) is 0 Å². The van der Waals surface area contributed by atoms with E-state index in [0.29, 0.717) is 17.0 Å². The quantitative estimate of drug-likeness (QED) is 0.898. The molecule has 0 bridgehead atoms. The molecular weight excluding hydrogens is 257 g/mol. The van der Waals surface area contributed by atoms with E-state index in [1.807, 2.05) is 0 Å². The third kappa shape index (κ3) is 4.02. The van der Waals surface area contributed by atoms with Gasteiger partial charge in [0, 0.05) is 23.8 Å². The van der Waals surface area contributed by atoms with E-state index in [2.05, 4.69) is 0 Å². The number of hydrogen-bond donors (Lipinski definition) is 1. The molecule has 6 heteroatoms. The van der Waals surface area contributed by atoms with Crippen LogP contribution in [-0.4, -0.2) is 26.4 Å². The highest BCUT2D eigenvalue weighted by molar-refractivity contribution is 5.60. The van der Waals surface area contributed by atoms with E-state index in [9.17, 15) is 13.2 Å². The fourth-order valence-electron chi connectivity index (χ4n) is 2.03. The Labute approximate surface area is 111 Å². The van der Waals surface area contributed by atoms with Crippen LogP contribution in [0.1, 0.15) is 25.5 Å². The first-order chi connectivity index (χ1) is 8.80. The number of halogens is 3. The number of alkyl halides is 3. The van der Waals surface area contributed by atoms with Crippen LogP contribution in [0.5, 0.6) is 5.75 Å². The van der Waals surface area contributed by atoms with E-state index >= 15 is 0 Å². The zero-order valence-corrected chi connectivity index (χ0v) is 11.3. The molecule has 108 valence electrons. The van der Waals surface area contributed by atoms with Gasteiger partial charge in [-0.15, -0.1) is 0 Å². The Kier molecular flexibility index (Phi) is 5.05. The zero-order valence-electron chi connectivity index (χ0n) is 11.3. The van der Waals surface area contributed by atoms with Crippen LogP contribution < -0.4 is 15.4 Å². The average molecular weight is 276 g/mol. The maximum absolute atomic E-state index is 12.6. The maximum atomic E-state index is 12.6. The van der Waals surface area contributed by atoms with Crippen molar-refractivity contribution in [2.75, 3.05) is 25.1 Å². The average Bonchev–Trinajstić information content (AvgIpc) is 2.33. The van der Waals surface area contributed by atoms with Gasteiger partial charge in [-0.2, -0.15) is 13.2 Å². The molecular formula is C13H19F3N2O. The smallest absolute Gasteiger partial charge is 0.405 e. The number of methoxy groups -OCH3 is 1. The van der Waals surface area contributed by atoms with Gasteiger partial charge in [-0.25, -0.2) is 0 Å². The molecule has 0 amide bonds. The third-order valence-corrected chi connectivity index (χ3v) is 2.81. The minimum Gasteiger partial charge on any atom is -0.496 e. The Morgan fingerprint density at radius 3 is 2.42 bits per heavy atom. The molecule has 0 heterocycles. The molecule has 0 fully saturated rings. The lowest BCUT2D eigenvalue weighted by molar-refractivity contribution is -0.119. The molecule has 1 aromatic rings. The van der Waals surface area contributed by atoms with E-state index in [-0.39, 0.29) is 6.54 Å². The van der Waals surface area contributed by atoms with Gasteiger partial charge in [-0.3, -0.25) is 0 Å². The van der Waals surface area contributed by atoms with Crippen LogP contribution in [0.25, 0.3) is 0 Å². The number of anilines is 1. The van der Waals surface area contributed by atoms with Crippen LogP contribution in [0.3, 0.4) is 0 Å². The van der Waals surface area contributed by atoms with Crippen molar-refractivity contribution in [2.45, 2.75) is 26.1 Å². The van der Waals surface area contributed by atoms with Crippen LogP contribution in [0.15, 0.2) is 18.2 Å². The Morgan fingerprint density at radius 2 is 2.00 bits per heavy atom. The van der Waals surface area contributed by atoms with Crippen LogP contribution in [0.2, 0.25) is 0 Å². The Hall–Kier alpha value is -1.43. The van der Waals surface area contributed by atoms with Gasteiger partial charge >= 0.3 is 6.18 Å². The molecule has 2 N–H and O–H groups in total. The second kappa shape index (κ2) is 6.14. The Morgan fingerprint density at radius 1 is 1.37 bits per heavy atom. The number of ether oxygens (including phenoxy) is 1. The SMILES string of the molecule is CCN(CC(F)(F)F)c1cccc(OC)c1C(C)N. The molecule has 0 saturated carbocycles. The molecule has 1 rings (SSSR count). The van der Waals surface area contributed by atoms with Gasteiger partial charge in [-0.1, -0.05) is 6.07 Å². The lowest BCUT2D eigenvalue weighted by atomic mass is 10.0. The second-order valence-electron chi connectivity index (χ2n) is 4.31. The molecule has 1 unspecified atom stereocenters. The monoisotopic (exact) mass is 276 g/mol. The highest BCUT2D eigenvalue weighted by Crippen LogP contribution is 2.34. The maximum Gasteiger partial charge on any atom is 0.405 e. The number of benzene rings is 1. The van der Waals surface area contributed by atoms with E-state index in [1.165, 1.54) is 12.0 Å². The number of nitrogens with two attached hydrogens (primary N) is 1. The van der Waals surface area contributed by atoms with Gasteiger partial charge in [0.2, 0.25) is 0 Å². The largest absolute Gasteiger partial charge is 0.496 e. The summed E-state index contributed by atoms with van der Waals surface area (Å²) >= 11 is 0. The zero-order chi connectivity index (χ0) is 14.6. The first-order valence-corrected chi connectivity index (χ1v) is 6.04. The Bertz CT molecular complexity index is 419. The highest BCUT2D eigenvalue weighted by Gasteiger charge is 2.31. The van der Waals surface area contributed by atoms with Crippen molar-refractivity contribution in [1.29, 1.82) is 0 Å². The van der Waals surface area contributed by atoms with Crippen LogP contribution in [-0.2, 0) is 0 Å². The van der Waals surface area contributed by atoms with E-state index in [1.54, 1.807) is 32.0 Å². The van der Waals surface area contributed by atoms with E-state index in [4.69, 9.17) is 10.5 Å². The summed E-state index contributed by atoms with van der Waals surface area (Å²) in [5, 5.41) is 0. The first kappa shape index (κ1) is 15.6. The van der Waals surface area contributed by atoms with E-state index < -0.39 is 18.8 Å². The molecule has 0 aliphatic heterocycles. The van der Waals surface area contributed by atoms with Crippen molar-refractivity contribution in [2.24, 2.45) is 5.73 Å². The van der Waals surface area contributed by atoms with Crippen molar-refractivity contribution >= 4 is 5.69 Å². The summed E-state index contributed by atoms with van der Waals surface area (Å²) in [6, 6.07) is 4.59. The van der Waals surface area contributed by atoms with Crippen molar-refractivity contribution in [3.05, 3.63) is 23.8 Å². The van der Waals surface area contributed by atoms with Crippen molar-refractivity contribution in [3.8, 4) is 5.75 Å². The standard InChI is InChI=1S/C13H19F3N2O/c1-4-18(8-13(14,15)16)10-6-5-7-11(19-3)12(10)9(2)17/h5-7,9H,4,8,17H2,1-3H3. The summed E-state index contributed by atoms with van der Waals surface area (Å²) in [7, 11) is 1.48. The number of hydrogen-bond acceptors (Lipinski definition) is 3. The van der Waals surface area contributed by atoms with Crippen LogP contribution in [0.4, 0.5) is 18.9 Å². The normalized spacial score (nSPS) is 13.2. The molecule has 0 spiro atoms. The summed E-state index contributed by atoms with van der Waals surface area (Å²) in [5.41, 5.74) is 6.92. The Balaban J connectivity index is 3.23. The van der Waals surface area contributed by atoms with Gasteiger partial charge in [-0.05, 0) is 26.0 Å². The lowest BCUT2D eigenvalue weighted by Gasteiger charge is -2.28. The molecule has 0 radical (unpaired) electrons. The molecule has 3 nitrogen and oxygen atoms in total. The summed E-state index contributed by atoms with van der Waals surface area (Å²) in [6.07, 6.45) is -4.26. The second-order valence-corrected chi connectivity index (χ2v) is 4.31. The molecule has 1 aromatic carbocycles. The molecule has 0 aliphatic carbocycles. The summed E-state index contributed by atoms with van der Waals surface area (Å²) in [5.74, 6) is 0.508. The van der Waals surface area contributed by atoms with Gasteiger partial charge in [0.15, 0.2) is 0 Å². The van der Waals surface area contributed by atoms with Crippen LogP contribution in [0, 0.1) is 0 Å². The fraction of sp³-hybridized carbons (Fsp3) is 0.538. The molecule has 19 heavy (non-hydrogen) atoms. The van der Waals surface area contributed by atoms with Gasteiger partial charge in [0.25, 0.3) is 0 Å². The first-order valence-electron chi connectivity index (χ1n) is 6.04.